The molecule has 0 unspecified atom stereocenters. The van der Waals surface area contributed by atoms with E-state index in [1.54, 1.807) is 0 Å². The first kappa shape index (κ1) is 19.8. The highest BCUT2D eigenvalue weighted by Crippen LogP contribution is 2.46. The smallest absolute Gasteiger partial charge is 0.316 e. The van der Waals surface area contributed by atoms with Crippen LogP contribution in [0.2, 0.25) is 0 Å². The van der Waals surface area contributed by atoms with Crippen LogP contribution in [0.25, 0.3) is 11.0 Å². The van der Waals surface area contributed by atoms with E-state index in [0.29, 0.717) is 12.1 Å². The first-order valence-corrected chi connectivity index (χ1v) is 12.7. The van der Waals surface area contributed by atoms with Gasteiger partial charge in [0, 0.05) is 24.2 Å². The molecule has 5 heteroatoms. The van der Waals surface area contributed by atoms with E-state index in [1.807, 2.05) is 28.8 Å². The fourth-order valence-corrected chi connectivity index (χ4v) is 7.85. The highest BCUT2D eigenvalue weighted by molar-refractivity contribution is 5.74. The van der Waals surface area contributed by atoms with Crippen molar-refractivity contribution < 1.29 is 0 Å². The van der Waals surface area contributed by atoms with Gasteiger partial charge in [0.05, 0.1) is 11.0 Å². The minimum Gasteiger partial charge on any atom is -0.316 e. The second kappa shape index (κ2) is 7.91. The molecule has 6 rings (SSSR count). The van der Waals surface area contributed by atoms with Gasteiger partial charge in [0.2, 0.25) is 0 Å². The second-order valence-corrected chi connectivity index (χ2v) is 10.8. The number of aromatic amines is 1. The molecular weight excluding hydrogens is 386 g/mol. The molecule has 1 N–H and O–H groups in total. The molecule has 0 radical (unpaired) electrons. The van der Waals surface area contributed by atoms with E-state index in [9.17, 15) is 9.59 Å². The summed E-state index contributed by atoms with van der Waals surface area (Å²) in [6.07, 6.45) is 15.8. The van der Waals surface area contributed by atoms with Crippen molar-refractivity contribution in [1.82, 2.24) is 14.5 Å². The highest BCUT2D eigenvalue weighted by atomic mass is 16.2. The quantitative estimate of drug-likeness (QED) is 0.721. The van der Waals surface area contributed by atoms with Crippen LogP contribution in [0.5, 0.6) is 0 Å². The molecule has 6 atom stereocenters. The highest BCUT2D eigenvalue weighted by Gasteiger charge is 2.45. The Morgan fingerprint density at radius 2 is 1.39 bits per heavy atom. The molecule has 2 aliphatic carbocycles. The van der Waals surface area contributed by atoms with E-state index < -0.39 is 5.56 Å². The molecule has 2 saturated carbocycles. The third-order valence-electron chi connectivity index (χ3n) is 8.97. The third kappa shape index (κ3) is 3.49. The van der Waals surface area contributed by atoms with Crippen LogP contribution in [0.15, 0.2) is 33.9 Å². The first-order chi connectivity index (χ1) is 15.2. The number of hydrogen-bond donors (Lipinski definition) is 1. The van der Waals surface area contributed by atoms with Gasteiger partial charge >= 0.3 is 11.1 Å². The summed E-state index contributed by atoms with van der Waals surface area (Å²) >= 11 is 0. The Kier molecular flexibility index (Phi) is 5.05. The monoisotopic (exact) mass is 421 g/mol. The number of aromatic nitrogens is 2. The average Bonchev–Trinajstić information content (AvgIpc) is 2.93. The van der Waals surface area contributed by atoms with Crippen molar-refractivity contribution in [2.75, 3.05) is 0 Å². The summed E-state index contributed by atoms with van der Waals surface area (Å²) in [4.78, 5) is 31.1. The molecule has 2 aromatic rings. The van der Waals surface area contributed by atoms with Crippen molar-refractivity contribution in [3.63, 3.8) is 0 Å². The maximum Gasteiger partial charge on any atom is 0.316 e. The molecule has 4 aliphatic rings. The van der Waals surface area contributed by atoms with Gasteiger partial charge < -0.3 is 4.98 Å². The van der Waals surface area contributed by atoms with Gasteiger partial charge in [-0.2, -0.15) is 0 Å². The topological polar surface area (TPSA) is 58.1 Å². The Morgan fingerprint density at radius 1 is 0.710 bits per heavy atom. The summed E-state index contributed by atoms with van der Waals surface area (Å²) in [5, 5.41) is 0. The zero-order chi connectivity index (χ0) is 20.9. The number of H-pyrrole nitrogens is 1. The zero-order valence-corrected chi connectivity index (χ0v) is 18.5. The van der Waals surface area contributed by atoms with Crippen molar-refractivity contribution in [2.45, 2.75) is 101 Å². The minimum atomic E-state index is -0.484. The Labute approximate surface area is 183 Å². The van der Waals surface area contributed by atoms with Crippen molar-refractivity contribution >= 4 is 11.0 Å². The van der Waals surface area contributed by atoms with Crippen LogP contribution in [0.4, 0.5) is 0 Å². The van der Waals surface area contributed by atoms with Gasteiger partial charge in [0.25, 0.3) is 0 Å². The summed E-state index contributed by atoms with van der Waals surface area (Å²) < 4.78 is 1.84. The molecule has 1 aromatic heterocycles. The van der Waals surface area contributed by atoms with Gasteiger partial charge in [0.1, 0.15) is 0 Å². The van der Waals surface area contributed by atoms with Crippen LogP contribution in [0.3, 0.4) is 0 Å². The lowest BCUT2D eigenvalue weighted by Crippen LogP contribution is -2.58. The number of nitrogens with one attached hydrogen (secondary N) is 1. The van der Waals surface area contributed by atoms with Crippen molar-refractivity contribution in [1.29, 1.82) is 0 Å². The minimum absolute atomic E-state index is 0.136. The second-order valence-electron chi connectivity index (χ2n) is 10.8. The van der Waals surface area contributed by atoms with Crippen LogP contribution < -0.4 is 11.1 Å². The largest absolute Gasteiger partial charge is 0.316 e. The predicted octanol–water partition coefficient (Wildman–Crippen LogP) is 4.61. The number of rotatable bonds is 2. The number of nitrogens with zero attached hydrogens (tertiary/aromatic N) is 2. The Morgan fingerprint density at radius 3 is 2.10 bits per heavy atom. The Bertz CT molecular complexity index is 1040. The van der Waals surface area contributed by atoms with Gasteiger partial charge in [0.15, 0.2) is 0 Å². The lowest BCUT2D eigenvalue weighted by Gasteiger charge is -2.54. The molecule has 3 heterocycles. The number of para-hydroxylation sites is 2. The standard InChI is InChI=1S/C26H35N3O2/c30-25-26(31)29(24-11-4-3-10-23(24)27-25)22-15-19-8-5-9-20(16-22)28(19)21-13-17-6-1-2-7-18(12-17)14-21/h3-4,10-11,17-22H,1-2,5-9,12-16H2,(H,27,30)/t17-,18+,19-,20+,21-,22+. The molecule has 0 spiro atoms. The molecule has 5 nitrogen and oxygen atoms in total. The number of piperidine rings is 2. The fraction of sp³-hybridized carbons (Fsp3) is 0.692. The third-order valence-corrected chi connectivity index (χ3v) is 8.97. The number of benzene rings is 1. The zero-order valence-electron chi connectivity index (χ0n) is 18.5. The maximum absolute atomic E-state index is 13.0. The van der Waals surface area contributed by atoms with Crippen LogP contribution in [-0.4, -0.2) is 32.6 Å². The summed E-state index contributed by atoms with van der Waals surface area (Å²) in [6.45, 7) is 0. The Balaban J connectivity index is 1.32. The average molecular weight is 422 g/mol. The maximum atomic E-state index is 13.0. The number of hydrogen-bond acceptors (Lipinski definition) is 3. The number of fused-ring (bicyclic) bond motifs is 5. The molecule has 2 aliphatic heterocycles. The van der Waals surface area contributed by atoms with Crippen molar-refractivity contribution in [3.05, 3.63) is 45.0 Å². The summed E-state index contributed by atoms with van der Waals surface area (Å²) in [7, 11) is 0. The van der Waals surface area contributed by atoms with Crippen LogP contribution >= 0.6 is 0 Å². The molecule has 0 amide bonds. The molecule has 31 heavy (non-hydrogen) atoms. The van der Waals surface area contributed by atoms with E-state index >= 15 is 0 Å². The SMILES string of the molecule is O=c1[nH]c2ccccc2n([C@H]2C[C@H]3CCC[C@@H](C2)N3[C@@H]2C[C@@H]3CCCC[C@@H](C3)C2)c1=O. The molecule has 4 bridgehead atoms. The lowest BCUT2D eigenvalue weighted by atomic mass is 9.73. The van der Waals surface area contributed by atoms with Crippen molar-refractivity contribution in [2.24, 2.45) is 11.8 Å². The summed E-state index contributed by atoms with van der Waals surface area (Å²) in [6, 6.07) is 9.79. The molecule has 4 fully saturated rings. The fourth-order valence-electron chi connectivity index (χ4n) is 7.85. The van der Waals surface area contributed by atoms with E-state index in [2.05, 4.69) is 9.88 Å². The van der Waals surface area contributed by atoms with Crippen LogP contribution in [0, 0.1) is 11.8 Å². The van der Waals surface area contributed by atoms with Crippen LogP contribution in [0.1, 0.15) is 83.1 Å². The van der Waals surface area contributed by atoms with Gasteiger partial charge in [-0.25, -0.2) is 0 Å². The molecule has 166 valence electrons. The van der Waals surface area contributed by atoms with Gasteiger partial charge in [-0.1, -0.05) is 44.2 Å². The van der Waals surface area contributed by atoms with E-state index in [1.165, 1.54) is 64.2 Å². The normalized spacial score (nSPS) is 36.3. The van der Waals surface area contributed by atoms with Gasteiger partial charge in [-0.15, -0.1) is 0 Å². The van der Waals surface area contributed by atoms with Gasteiger partial charge in [-0.05, 0) is 68.9 Å². The summed E-state index contributed by atoms with van der Waals surface area (Å²) in [5.74, 6) is 1.87. The van der Waals surface area contributed by atoms with Crippen molar-refractivity contribution in [3.8, 4) is 0 Å². The molecule has 1 aromatic carbocycles. The van der Waals surface area contributed by atoms with E-state index in [-0.39, 0.29) is 11.6 Å². The lowest BCUT2D eigenvalue weighted by molar-refractivity contribution is -0.0421. The molecular formula is C26H35N3O2. The molecule has 2 saturated heterocycles. The van der Waals surface area contributed by atoms with Gasteiger partial charge in [-0.3, -0.25) is 19.1 Å². The van der Waals surface area contributed by atoms with Crippen LogP contribution in [-0.2, 0) is 0 Å². The van der Waals surface area contributed by atoms with E-state index in [4.69, 9.17) is 0 Å². The predicted molar refractivity (Wildman–Crippen MR) is 123 cm³/mol. The van der Waals surface area contributed by atoms with E-state index in [0.717, 1.165) is 41.8 Å². The Hall–Kier alpha value is -1.88. The first-order valence-electron chi connectivity index (χ1n) is 12.7. The summed E-state index contributed by atoms with van der Waals surface area (Å²) in [5.41, 5.74) is 0.796.